The van der Waals surface area contributed by atoms with E-state index in [4.69, 9.17) is 5.73 Å². The number of anilines is 1. The van der Waals surface area contributed by atoms with E-state index in [0.29, 0.717) is 24.3 Å². The van der Waals surface area contributed by atoms with Crippen LogP contribution in [0, 0.1) is 0 Å². The van der Waals surface area contributed by atoms with Crippen molar-refractivity contribution in [2.24, 2.45) is 7.05 Å². The molecule has 0 radical (unpaired) electrons. The average molecular weight is 264 g/mol. The molecule has 3 N–H and O–H groups in total. The Balaban J connectivity index is 1.91. The molecule has 1 aliphatic heterocycles. The van der Waals surface area contributed by atoms with Crippen LogP contribution in [0.2, 0.25) is 0 Å². The SMILES string of the molecule is CC(CN1CCCC1=O)NC(=O)c1cc(N)cn1C. The summed E-state index contributed by atoms with van der Waals surface area (Å²) in [5.41, 5.74) is 6.73. The van der Waals surface area contributed by atoms with Crippen molar-refractivity contribution >= 4 is 17.5 Å². The molecular weight excluding hydrogens is 244 g/mol. The van der Waals surface area contributed by atoms with Crippen molar-refractivity contribution in [3.8, 4) is 0 Å². The highest BCUT2D eigenvalue weighted by Crippen LogP contribution is 2.11. The van der Waals surface area contributed by atoms with Gasteiger partial charge in [0.1, 0.15) is 5.69 Å². The van der Waals surface area contributed by atoms with Crippen LogP contribution in [-0.4, -0.2) is 40.4 Å². The monoisotopic (exact) mass is 264 g/mol. The van der Waals surface area contributed by atoms with Crippen molar-refractivity contribution in [1.82, 2.24) is 14.8 Å². The van der Waals surface area contributed by atoms with Gasteiger partial charge in [-0.1, -0.05) is 0 Å². The Morgan fingerprint density at radius 2 is 2.32 bits per heavy atom. The van der Waals surface area contributed by atoms with Crippen LogP contribution in [0.5, 0.6) is 0 Å². The van der Waals surface area contributed by atoms with E-state index in [0.717, 1.165) is 13.0 Å². The maximum atomic E-state index is 12.1. The molecule has 6 nitrogen and oxygen atoms in total. The molecule has 0 bridgehead atoms. The van der Waals surface area contributed by atoms with Gasteiger partial charge < -0.3 is 20.5 Å². The molecule has 0 aromatic carbocycles. The summed E-state index contributed by atoms with van der Waals surface area (Å²) in [5, 5.41) is 2.89. The Hall–Kier alpha value is -1.98. The minimum Gasteiger partial charge on any atom is -0.397 e. The molecule has 1 atom stereocenters. The number of likely N-dealkylation sites (tertiary alicyclic amines) is 1. The van der Waals surface area contributed by atoms with Crippen LogP contribution in [0.1, 0.15) is 30.3 Å². The third kappa shape index (κ3) is 3.07. The van der Waals surface area contributed by atoms with Gasteiger partial charge in [0.05, 0.1) is 5.69 Å². The van der Waals surface area contributed by atoms with Gasteiger partial charge in [0.15, 0.2) is 0 Å². The number of aryl methyl sites for hydroxylation is 1. The van der Waals surface area contributed by atoms with Gasteiger partial charge >= 0.3 is 0 Å². The Morgan fingerprint density at radius 3 is 2.84 bits per heavy atom. The molecule has 0 spiro atoms. The molecule has 1 aromatic rings. The number of aromatic nitrogens is 1. The van der Waals surface area contributed by atoms with Crippen LogP contribution in [-0.2, 0) is 11.8 Å². The maximum Gasteiger partial charge on any atom is 0.268 e. The van der Waals surface area contributed by atoms with Crippen molar-refractivity contribution in [2.75, 3.05) is 18.8 Å². The summed E-state index contributed by atoms with van der Waals surface area (Å²) >= 11 is 0. The number of amides is 2. The molecule has 2 heterocycles. The Kier molecular flexibility index (Phi) is 3.78. The normalized spacial score (nSPS) is 16.7. The molecule has 1 aromatic heterocycles. The lowest BCUT2D eigenvalue weighted by molar-refractivity contribution is -0.127. The van der Waals surface area contributed by atoms with E-state index in [1.165, 1.54) is 0 Å². The maximum absolute atomic E-state index is 12.1. The van der Waals surface area contributed by atoms with Gasteiger partial charge in [-0.3, -0.25) is 9.59 Å². The van der Waals surface area contributed by atoms with Gasteiger partial charge in [-0.15, -0.1) is 0 Å². The minimum atomic E-state index is -0.168. The number of hydrogen-bond acceptors (Lipinski definition) is 3. The number of nitrogen functional groups attached to an aromatic ring is 1. The van der Waals surface area contributed by atoms with Gasteiger partial charge in [0, 0.05) is 38.8 Å². The lowest BCUT2D eigenvalue weighted by Crippen LogP contribution is -2.42. The van der Waals surface area contributed by atoms with E-state index in [9.17, 15) is 9.59 Å². The second-order valence-electron chi connectivity index (χ2n) is 5.09. The molecule has 2 amide bonds. The Bertz CT molecular complexity index is 495. The summed E-state index contributed by atoms with van der Waals surface area (Å²) in [4.78, 5) is 25.4. The highest BCUT2D eigenvalue weighted by molar-refractivity contribution is 5.94. The minimum absolute atomic E-state index is 0.0781. The predicted molar refractivity (Wildman–Crippen MR) is 72.6 cm³/mol. The first kappa shape index (κ1) is 13.5. The molecule has 0 saturated carbocycles. The molecule has 2 rings (SSSR count). The van der Waals surface area contributed by atoms with Crippen LogP contribution in [0.3, 0.4) is 0 Å². The van der Waals surface area contributed by atoms with Gasteiger partial charge in [-0.2, -0.15) is 0 Å². The van der Waals surface area contributed by atoms with Crippen LogP contribution in [0.15, 0.2) is 12.3 Å². The zero-order valence-electron chi connectivity index (χ0n) is 11.3. The number of nitrogens with one attached hydrogen (secondary N) is 1. The summed E-state index contributed by atoms with van der Waals surface area (Å²) in [7, 11) is 1.78. The topological polar surface area (TPSA) is 80.4 Å². The van der Waals surface area contributed by atoms with E-state index in [1.54, 1.807) is 28.8 Å². The second-order valence-corrected chi connectivity index (χ2v) is 5.09. The number of carbonyl (C=O) groups excluding carboxylic acids is 2. The van der Waals surface area contributed by atoms with E-state index < -0.39 is 0 Å². The van der Waals surface area contributed by atoms with E-state index in [-0.39, 0.29) is 17.9 Å². The number of rotatable bonds is 4. The lowest BCUT2D eigenvalue weighted by Gasteiger charge is -2.21. The molecule has 1 unspecified atom stereocenters. The first-order valence-corrected chi connectivity index (χ1v) is 6.48. The van der Waals surface area contributed by atoms with E-state index in [1.807, 2.05) is 6.92 Å². The highest BCUT2D eigenvalue weighted by atomic mass is 16.2. The first-order chi connectivity index (χ1) is 8.97. The van der Waals surface area contributed by atoms with Crippen molar-refractivity contribution in [1.29, 1.82) is 0 Å². The molecule has 0 aliphatic carbocycles. The van der Waals surface area contributed by atoms with Crippen LogP contribution in [0.25, 0.3) is 0 Å². The van der Waals surface area contributed by atoms with Crippen molar-refractivity contribution < 1.29 is 9.59 Å². The molecule has 104 valence electrons. The number of nitrogens with zero attached hydrogens (tertiary/aromatic N) is 2. The highest BCUT2D eigenvalue weighted by Gasteiger charge is 2.23. The number of carbonyl (C=O) groups is 2. The summed E-state index contributed by atoms with van der Waals surface area (Å²) in [6, 6.07) is 1.56. The summed E-state index contributed by atoms with van der Waals surface area (Å²) in [5.74, 6) is 0.00237. The van der Waals surface area contributed by atoms with Gasteiger partial charge in [0.25, 0.3) is 5.91 Å². The van der Waals surface area contributed by atoms with Crippen LogP contribution in [0.4, 0.5) is 5.69 Å². The molecule has 1 aliphatic rings. The summed E-state index contributed by atoms with van der Waals surface area (Å²) in [6.45, 7) is 3.25. The number of nitrogens with two attached hydrogens (primary N) is 1. The largest absolute Gasteiger partial charge is 0.397 e. The van der Waals surface area contributed by atoms with Crippen LogP contribution < -0.4 is 11.1 Å². The zero-order chi connectivity index (χ0) is 14.0. The Labute approximate surface area is 112 Å². The third-order valence-electron chi connectivity index (χ3n) is 3.30. The molecular formula is C13H20N4O2. The van der Waals surface area contributed by atoms with Gasteiger partial charge in [0.2, 0.25) is 5.91 Å². The third-order valence-corrected chi connectivity index (χ3v) is 3.30. The fourth-order valence-electron chi connectivity index (χ4n) is 2.39. The first-order valence-electron chi connectivity index (χ1n) is 6.48. The zero-order valence-corrected chi connectivity index (χ0v) is 11.3. The average Bonchev–Trinajstić information content (AvgIpc) is 2.85. The van der Waals surface area contributed by atoms with Crippen molar-refractivity contribution in [3.63, 3.8) is 0 Å². The molecule has 1 fully saturated rings. The van der Waals surface area contributed by atoms with Gasteiger partial charge in [-0.05, 0) is 19.4 Å². The van der Waals surface area contributed by atoms with E-state index in [2.05, 4.69) is 5.32 Å². The fraction of sp³-hybridized carbons (Fsp3) is 0.538. The molecule has 19 heavy (non-hydrogen) atoms. The smallest absolute Gasteiger partial charge is 0.268 e. The summed E-state index contributed by atoms with van der Waals surface area (Å²) in [6.07, 6.45) is 3.23. The van der Waals surface area contributed by atoms with Gasteiger partial charge in [-0.25, -0.2) is 0 Å². The second kappa shape index (κ2) is 5.34. The van der Waals surface area contributed by atoms with E-state index >= 15 is 0 Å². The van der Waals surface area contributed by atoms with Crippen LogP contribution >= 0.6 is 0 Å². The quantitative estimate of drug-likeness (QED) is 0.823. The number of hydrogen-bond donors (Lipinski definition) is 2. The lowest BCUT2D eigenvalue weighted by atomic mass is 10.3. The Morgan fingerprint density at radius 1 is 1.58 bits per heavy atom. The molecule has 6 heteroatoms. The van der Waals surface area contributed by atoms with Crippen molar-refractivity contribution in [2.45, 2.75) is 25.8 Å². The van der Waals surface area contributed by atoms with Crippen molar-refractivity contribution in [3.05, 3.63) is 18.0 Å². The summed E-state index contributed by atoms with van der Waals surface area (Å²) < 4.78 is 1.69. The molecule has 1 saturated heterocycles. The predicted octanol–water partition coefficient (Wildman–Crippen LogP) is 0.348. The standard InChI is InChI=1S/C13H20N4O2/c1-9(7-17-5-3-4-12(17)18)15-13(19)11-6-10(14)8-16(11)2/h6,8-9H,3-5,7,14H2,1-2H3,(H,15,19). The fourth-order valence-corrected chi connectivity index (χ4v) is 2.39.